The first kappa shape index (κ1) is 18.3. The second-order valence-electron chi connectivity index (χ2n) is 5.08. The van der Waals surface area contributed by atoms with Crippen molar-refractivity contribution in [2.75, 3.05) is 6.61 Å². The lowest BCUT2D eigenvalue weighted by Gasteiger charge is -2.26. The van der Waals surface area contributed by atoms with Gasteiger partial charge in [0.25, 0.3) is 5.69 Å². The molecule has 0 aromatic heterocycles. The summed E-state index contributed by atoms with van der Waals surface area (Å²) in [5, 5.41) is 21.1. The van der Waals surface area contributed by atoms with Crippen LogP contribution in [-0.4, -0.2) is 17.5 Å². The second kappa shape index (κ2) is 7.23. The van der Waals surface area contributed by atoms with Crippen molar-refractivity contribution in [3.05, 3.63) is 61.7 Å². The van der Waals surface area contributed by atoms with E-state index in [1.165, 1.54) is 25.1 Å². The molecule has 0 fully saturated rings. The Bertz CT molecular complexity index is 854. The minimum Gasteiger partial charge on any atom is -0.463 e. The Balaban J connectivity index is 2.78. The van der Waals surface area contributed by atoms with Gasteiger partial charge in [0.05, 0.1) is 23.0 Å². The van der Waals surface area contributed by atoms with Crippen molar-refractivity contribution in [1.82, 2.24) is 0 Å². The highest BCUT2D eigenvalue weighted by Crippen LogP contribution is 2.43. The molecule has 2 rings (SSSR count). The summed E-state index contributed by atoms with van der Waals surface area (Å²) in [5.74, 6) is -1.99. The van der Waals surface area contributed by atoms with Crippen LogP contribution >= 0.6 is 11.6 Å². The van der Waals surface area contributed by atoms with Crippen LogP contribution in [0.4, 0.5) is 5.69 Å². The van der Waals surface area contributed by atoms with Gasteiger partial charge in [0.15, 0.2) is 0 Å². The Morgan fingerprint density at radius 1 is 1.56 bits per heavy atom. The van der Waals surface area contributed by atoms with E-state index < -0.39 is 16.8 Å². The average Bonchev–Trinajstić information content (AvgIpc) is 2.53. The predicted molar refractivity (Wildman–Crippen MR) is 88.1 cm³/mol. The standard InChI is InChI=1S/C16H14ClN3O5/c1-3-24-16(21)13-8(2)25-15(19)11(7-18)14(13)10-6-9(17)4-5-12(10)20(22)23/h4-6,14H,3,19H2,1-2H3. The zero-order chi connectivity index (χ0) is 18.7. The number of halogens is 1. The minimum absolute atomic E-state index is 0.0297. The predicted octanol–water partition coefficient (Wildman–Crippen LogP) is 2.89. The maximum absolute atomic E-state index is 12.4. The van der Waals surface area contributed by atoms with Crippen LogP contribution in [0.25, 0.3) is 0 Å². The van der Waals surface area contributed by atoms with Gasteiger partial charge in [-0.05, 0) is 26.0 Å². The normalized spacial score (nSPS) is 17.0. The summed E-state index contributed by atoms with van der Waals surface area (Å²) in [6.07, 6.45) is 0. The zero-order valence-electron chi connectivity index (χ0n) is 13.4. The molecule has 2 N–H and O–H groups in total. The fourth-order valence-electron chi connectivity index (χ4n) is 2.59. The largest absolute Gasteiger partial charge is 0.463 e. The van der Waals surface area contributed by atoms with Crippen molar-refractivity contribution < 1.29 is 19.2 Å². The number of carbonyl (C=O) groups is 1. The number of hydrogen-bond acceptors (Lipinski definition) is 7. The van der Waals surface area contributed by atoms with Gasteiger partial charge >= 0.3 is 5.97 Å². The summed E-state index contributed by atoms with van der Waals surface area (Å²) in [6.45, 7) is 3.17. The number of nitro groups is 1. The third-order valence-corrected chi connectivity index (χ3v) is 3.83. The van der Waals surface area contributed by atoms with Gasteiger partial charge in [-0.2, -0.15) is 5.26 Å². The fourth-order valence-corrected chi connectivity index (χ4v) is 2.77. The van der Waals surface area contributed by atoms with Gasteiger partial charge in [-0.25, -0.2) is 4.79 Å². The molecule has 1 aromatic rings. The number of esters is 1. The number of nitriles is 1. The van der Waals surface area contributed by atoms with Crippen molar-refractivity contribution in [3.63, 3.8) is 0 Å². The van der Waals surface area contributed by atoms with Crippen molar-refractivity contribution in [2.45, 2.75) is 19.8 Å². The molecule has 0 aliphatic carbocycles. The number of nitrogens with zero attached hydrogens (tertiary/aromatic N) is 2. The van der Waals surface area contributed by atoms with Gasteiger partial charge in [0, 0.05) is 16.7 Å². The molecule has 0 radical (unpaired) electrons. The highest BCUT2D eigenvalue weighted by Gasteiger charge is 2.39. The molecule has 0 bridgehead atoms. The lowest BCUT2D eigenvalue weighted by atomic mass is 9.82. The van der Waals surface area contributed by atoms with Crippen LogP contribution in [-0.2, 0) is 14.3 Å². The summed E-state index contributed by atoms with van der Waals surface area (Å²) in [7, 11) is 0. The first-order valence-corrected chi connectivity index (χ1v) is 7.58. The molecular weight excluding hydrogens is 350 g/mol. The van der Waals surface area contributed by atoms with E-state index in [1.54, 1.807) is 6.92 Å². The molecule has 0 spiro atoms. The molecule has 1 unspecified atom stereocenters. The number of benzene rings is 1. The lowest BCUT2D eigenvalue weighted by Crippen LogP contribution is -2.26. The van der Waals surface area contributed by atoms with Gasteiger partial charge in [0.1, 0.15) is 17.4 Å². The van der Waals surface area contributed by atoms with E-state index in [-0.39, 0.29) is 45.7 Å². The summed E-state index contributed by atoms with van der Waals surface area (Å²) >= 11 is 5.98. The first-order chi connectivity index (χ1) is 11.8. The van der Waals surface area contributed by atoms with Gasteiger partial charge in [0.2, 0.25) is 5.88 Å². The molecule has 1 atom stereocenters. The molecule has 0 amide bonds. The average molecular weight is 364 g/mol. The van der Waals surface area contributed by atoms with Crippen LogP contribution in [0.3, 0.4) is 0 Å². The van der Waals surface area contributed by atoms with Gasteiger partial charge in [-0.1, -0.05) is 11.6 Å². The Morgan fingerprint density at radius 2 is 2.24 bits per heavy atom. The third kappa shape index (κ3) is 3.41. The van der Waals surface area contributed by atoms with Gasteiger partial charge in [-0.3, -0.25) is 10.1 Å². The van der Waals surface area contributed by atoms with Crippen molar-refractivity contribution >= 4 is 23.3 Å². The number of nitrogens with two attached hydrogens (primary N) is 1. The number of rotatable bonds is 4. The second-order valence-corrected chi connectivity index (χ2v) is 5.51. The van der Waals surface area contributed by atoms with Crippen LogP contribution in [0.1, 0.15) is 25.3 Å². The number of allylic oxidation sites excluding steroid dienone is 2. The van der Waals surface area contributed by atoms with Crippen LogP contribution in [0.2, 0.25) is 5.02 Å². The molecule has 130 valence electrons. The highest BCUT2D eigenvalue weighted by molar-refractivity contribution is 6.30. The van der Waals surface area contributed by atoms with E-state index in [2.05, 4.69) is 0 Å². The molecule has 9 heteroatoms. The molecule has 0 saturated heterocycles. The number of hydrogen-bond donors (Lipinski definition) is 1. The Kier molecular flexibility index (Phi) is 5.29. The van der Waals surface area contributed by atoms with Gasteiger partial charge < -0.3 is 15.2 Å². The molecule has 8 nitrogen and oxygen atoms in total. The topological polar surface area (TPSA) is 128 Å². The molecule has 1 aliphatic rings. The maximum atomic E-state index is 12.4. The van der Waals surface area contributed by atoms with E-state index in [4.69, 9.17) is 26.8 Å². The molecular formula is C16H14ClN3O5. The maximum Gasteiger partial charge on any atom is 0.338 e. The summed E-state index contributed by atoms with van der Waals surface area (Å²) in [4.78, 5) is 23.2. The van der Waals surface area contributed by atoms with E-state index in [1.807, 2.05) is 6.07 Å². The van der Waals surface area contributed by atoms with Crippen LogP contribution in [0, 0.1) is 21.4 Å². The zero-order valence-corrected chi connectivity index (χ0v) is 14.2. The Morgan fingerprint density at radius 3 is 2.80 bits per heavy atom. The SMILES string of the molecule is CCOC(=O)C1=C(C)OC(N)=C(C#N)C1c1cc(Cl)ccc1[N+](=O)[O-]. The van der Waals surface area contributed by atoms with Crippen LogP contribution < -0.4 is 5.73 Å². The summed E-state index contributed by atoms with van der Waals surface area (Å²) in [6, 6.07) is 5.74. The van der Waals surface area contributed by atoms with E-state index >= 15 is 0 Å². The smallest absolute Gasteiger partial charge is 0.338 e. The Labute approximate surface area is 148 Å². The Hall–Kier alpha value is -3.05. The summed E-state index contributed by atoms with van der Waals surface area (Å²) in [5.41, 5.74) is 5.36. The van der Waals surface area contributed by atoms with Crippen molar-refractivity contribution in [3.8, 4) is 6.07 Å². The van der Waals surface area contributed by atoms with E-state index in [0.29, 0.717) is 0 Å². The molecule has 1 aromatic carbocycles. The lowest BCUT2D eigenvalue weighted by molar-refractivity contribution is -0.385. The highest BCUT2D eigenvalue weighted by atomic mass is 35.5. The third-order valence-electron chi connectivity index (χ3n) is 3.60. The van der Waals surface area contributed by atoms with Crippen molar-refractivity contribution in [1.29, 1.82) is 5.26 Å². The van der Waals surface area contributed by atoms with Crippen LogP contribution in [0.5, 0.6) is 0 Å². The number of ether oxygens (including phenoxy) is 2. The molecule has 1 heterocycles. The van der Waals surface area contributed by atoms with Crippen molar-refractivity contribution in [2.24, 2.45) is 5.73 Å². The van der Waals surface area contributed by atoms with Crippen LogP contribution in [0.15, 0.2) is 41.0 Å². The monoisotopic (exact) mass is 363 g/mol. The molecule has 1 aliphatic heterocycles. The number of carbonyl (C=O) groups excluding carboxylic acids is 1. The van der Waals surface area contributed by atoms with E-state index in [9.17, 15) is 20.2 Å². The summed E-state index contributed by atoms with van der Waals surface area (Å²) < 4.78 is 10.3. The van der Waals surface area contributed by atoms with E-state index in [0.717, 1.165) is 0 Å². The first-order valence-electron chi connectivity index (χ1n) is 7.21. The quantitative estimate of drug-likeness (QED) is 0.494. The molecule has 0 saturated carbocycles. The minimum atomic E-state index is -1.11. The number of nitro benzene ring substituents is 1. The molecule has 25 heavy (non-hydrogen) atoms. The van der Waals surface area contributed by atoms with Gasteiger partial charge in [-0.15, -0.1) is 0 Å². The fraction of sp³-hybridized carbons (Fsp3) is 0.250.